The molecule has 1 aromatic heterocycles. The third-order valence-corrected chi connectivity index (χ3v) is 9.10. The zero-order valence-electron chi connectivity index (χ0n) is 21.9. The summed E-state index contributed by atoms with van der Waals surface area (Å²) >= 11 is 1.57. The van der Waals surface area contributed by atoms with Crippen molar-refractivity contribution in [3.63, 3.8) is 0 Å². The molecule has 0 saturated heterocycles. The SMILES string of the molecule is CCCCc1cn(C(C)(C)C)sc1=NC(=O)[C@]1(C)CC[C@H](C(=O)NCc2ccccc2)C1(C)C. The first kappa shape index (κ1) is 26.4. The zero-order chi connectivity index (χ0) is 25.1. The molecule has 0 aliphatic heterocycles. The summed E-state index contributed by atoms with van der Waals surface area (Å²) in [6, 6.07) is 9.93. The molecule has 34 heavy (non-hydrogen) atoms. The van der Waals surface area contributed by atoms with Crippen LogP contribution in [0.5, 0.6) is 0 Å². The van der Waals surface area contributed by atoms with Gasteiger partial charge in [0.25, 0.3) is 5.91 Å². The van der Waals surface area contributed by atoms with Crippen LogP contribution in [0.3, 0.4) is 0 Å². The number of nitrogens with one attached hydrogen (secondary N) is 1. The predicted octanol–water partition coefficient (Wildman–Crippen LogP) is 5.83. The van der Waals surface area contributed by atoms with Gasteiger partial charge in [-0.3, -0.25) is 13.5 Å². The monoisotopic (exact) mass is 483 g/mol. The van der Waals surface area contributed by atoms with E-state index in [1.807, 2.05) is 37.3 Å². The molecule has 6 heteroatoms. The Morgan fingerprint density at radius 3 is 2.47 bits per heavy atom. The van der Waals surface area contributed by atoms with Crippen molar-refractivity contribution in [3.05, 3.63) is 52.3 Å². The number of benzene rings is 1. The van der Waals surface area contributed by atoms with E-state index in [1.54, 1.807) is 11.5 Å². The maximum absolute atomic E-state index is 13.7. The van der Waals surface area contributed by atoms with Gasteiger partial charge in [-0.2, -0.15) is 0 Å². The Hall–Kier alpha value is -2.21. The number of aromatic nitrogens is 1. The lowest BCUT2D eigenvalue weighted by molar-refractivity contribution is -0.136. The van der Waals surface area contributed by atoms with Crippen LogP contribution in [0.4, 0.5) is 0 Å². The van der Waals surface area contributed by atoms with Crippen molar-refractivity contribution < 1.29 is 9.59 Å². The molecule has 1 N–H and O–H groups in total. The summed E-state index contributed by atoms with van der Waals surface area (Å²) in [5.41, 5.74) is 0.993. The van der Waals surface area contributed by atoms with Gasteiger partial charge < -0.3 is 5.32 Å². The van der Waals surface area contributed by atoms with E-state index < -0.39 is 10.8 Å². The lowest BCUT2D eigenvalue weighted by Gasteiger charge is -2.38. The summed E-state index contributed by atoms with van der Waals surface area (Å²) in [6.45, 7) is 15.3. The van der Waals surface area contributed by atoms with E-state index in [9.17, 15) is 9.59 Å². The van der Waals surface area contributed by atoms with Crippen molar-refractivity contribution in [1.29, 1.82) is 0 Å². The fourth-order valence-electron chi connectivity index (χ4n) is 4.80. The largest absolute Gasteiger partial charge is 0.352 e. The number of rotatable bonds is 7. The van der Waals surface area contributed by atoms with Crippen LogP contribution in [-0.2, 0) is 28.1 Å². The summed E-state index contributed by atoms with van der Waals surface area (Å²) in [5, 5.41) is 3.09. The molecule has 0 radical (unpaired) electrons. The zero-order valence-corrected chi connectivity index (χ0v) is 22.7. The molecule has 1 aliphatic carbocycles. The van der Waals surface area contributed by atoms with Crippen molar-refractivity contribution in [3.8, 4) is 0 Å². The first-order valence-electron chi connectivity index (χ1n) is 12.5. The van der Waals surface area contributed by atoms with Gasteiger partial charge in [0.1, 0.15) is 4.67 Å². The van der Waals surface area contributed by atoms with Crippen LogP contribution in [-0.4, -0.2) is 15.8 Å². The highest BCUT2D eigenvalue weighted by molar-refractivity contribution is 7.04. The van der Waals surface area contributed by atoms with E-state index in [4.69, 9.17) is 4.99 Å². The van der Waals surface area contributed by atoms with E-state index in [0.29, 0.717) is 19.4 Å². The van der Waals surface area contributed by atoms with Gasteiger partial charge in [-0.05, 0) is 69.0 Å². The predicted molar refractivity (Wildman–Crippen MR) is 139 cm³/mol. The van der Waals surface area contributed by atoms with E-state index in [-0.39, 0.29) is 23.3 Å². The second-order valence-electron chi connectivity index (χ2n) is 11.4. The van der Waals surface area contributed by atoms with Gasteiger partial charge in [0.05, 0.1) is 5.41 Å². The van der Waals surface area contributed by atoms with Crippen molar-refractivity contribution in [1.82, 2.24) is 9.27 Å². The van der Waals surface area contributed by atoms with Crippen LogP contribution in [0.15, 0.2) is 41.5 Å². The molecule has 1 saturated carbocycles. The molecule has 5 nitrogen and oxygen atoms in total. The van der Waals surface area contributed by atoms with Gasteiger partial charge in [-0.25, -0.2) is 4.99 Å². The Bertz CT molecular complexity index is 1080. The highest BCUT2D eigenvalue weighted by Crippen LogP contribution is 2.56. The van der Waals surface area contributed by atoms with Crippen LogP contribution in [0, 0.1) is 16.7 Å². The average molecular weight is 484 g/mol. The standard InChI is InChI=1S/C28H41N3O2S/c1-8-9-15-21-19-31(26(2,3)4)34-24(21)30-25(33)28(7)17-16-22(27(28,5)6)23(32)29-18-20-13-11-10-12-14-20/h10-14,19,22H,8-9,15-18H2,1-7H3,(H,29,32)/t22-,28+/m1/s1. The molecule has 3 rings (SSSR count). The number of amides is 2. The molecule has 1 aliphatic rings. The molecular formula is C28H41N3O2S. The maximum atomic E-state index is 13.7. The number of hydrogen-bond donors (Lipinski definition) is 1. The molecule has 0 bridgehead atoms. The van der Waals surface area contributed by atoms with Gasteiger partial charge in [-0.15, -0.1) is 0 Å². The number of nitrogens with zero attached hydrogens (tertiary/aromatic N) is 2. The first-order valence-corrected chi connectivity index (χ1v) is 13.3. The summed E-state index contributed by atoms with van der Waals surface area (Å²) in [7, 11) is 0. The van der Waals surface area contributed by atoms with Gasteiger partial charge in [-0.1, -0.05) is 64.4 Å². The smallest absolute Gasteiger partial charge is 0.253 e. The van der Waals surface area contributed by atoms with Gasteiger partial charge in [0, 0.05) is 29.8 Å². The Kier molecular flexibility index (Phi) is 7.91. The fraction of sp³-hybridized carbons (Fsp3) is 0.607. The average Bonchev–Trinajstić information content (AvgIpc) is 3.29. The Morgan fingerprint density at radius 1 is 1.18 bits per heavy atom. The molecule has 1 heterocycles. The normalized spacial score (nSPS) is 22.7. The number of hydrogen-bond acceptors (Lipinski definition) is 3. The summed E-state index contributed by atoms with van der Waals surface area (Å²) in [6.07, 6.45) is 6.62. The highest BCUT2D eigenvalue weighted by atomic mass is 32.1. The molecule has 186 valence electrons. The van der Waals surface area contributed by atoms with Crippen LogP contribution >= 0.6 is 11.5 Å². The third kappa shape index (κ3) is 5.37. The Balaban J connectivity index is 1.84. The van der Waals surface area contributed by atoms with Gasteiger partial charge >= 0.3 is 0 Å². The fourth-order valence-corrected chi connectivity index (χ4v) is 5.84. The molecule has 1 aromatic carbocycles. The van der Waals surface area contributed by atoms with Gasteiger partial charge in [0.15, 0.2) is 0 Å². The molecule has 2 atom stereocenters. The molecule has 2 amide bonds. The third-order valence-electron chi connectivity index (χ3n) is 7.72. The minimum absolute atomic E-state index is 0.0238. The minimum Gasteiger partial charge on any atom is -0.352 e. The summed E-state index contributed by atoms with van der Waals surface area (Å²) in [5.74, 6) is -0.296. The molecular weight excluding hydrogens is 442 g/mol. The summed E-state index contributed by atoms with van der Waals surface area (Å²) < 4.78 is 3.02. The van der Waals surface area contributed by atoms with E-state index in [1.165, 1.54) is 0 Å². The number of unbranched alkanes of at least 4 members (excludes halogenated alkanes) is 1. The summed E-state index contributed by atoms with van der Waals surface area (Å²) in [4.78, 5) is 31.5. The molecule has 2 aromatic rings. The van der Waals surface area contributed by atoms with Crippen molar-refractivity contribution in [2.45, 2.75) is 92.7 Å². The number of carbonyl (C=O) groups is 2. The number of aryl methyl sites for hydroxylation is 1. The molecule has 0 spiro atoms. The van der Waals surface area contributed by atoms with E-state index >= 15 is 0 Å². The number of carbonyl (C=O) groups excluding carboxylic acids is 2. The lowest BCUT2D eigenvalue weighted by atomic mass is 9.65. The van der Waals surface area contributed by atoms with Crippen LogP contribution < -0.4 is 9.99 Å². The van der Waals surface area contributed by atoms with Crippen LogP contribution in [0.2, 0.25) is 0 Å². The second-order valence-corrected chi connectivity index (χ2v) is 12.4. The van der Waals surface area contributed by atoms with Crippen molar-refractivity contribution >= 4 is 23.3 Å². The molecule has 0 unspecified atom stereocenters. The first-order chi connectivity index (χ1) is 15.9. The van der Waals surface area contributed by atoms with Crippen LogP contribution in [0.25, 0.3) is 0 Å². The maximum Gasteiger partial charge on any atom is 0.253 e. The van der Waals surface area contributed by atoms with E-state index in [0.717, 1.165) is 35.1 Å². The topological polar surface area (TPSA) is 63.5 Å². The minimum atomic E-state index is -0.680. The van der Waals surface area contributed by atoms with Crippen molar-refractivity contribution in [2.24, 2.45) is 21.7 Å². The van der Waals surface area contributed by atoms with Gasteiger partial charge in [0.2, 0.25) is 5.91 Å². The quantitative estimate of drug-likeness (QED) is 0.538. The Labute approximate surface area is 208 Å². The highest BCUT2D eigenvalue weighted by Gasteiger charge is 2.58. The van der Waals surface area contributed by atoms with Crippen LogP contribution in [0.1, 0.15) is 85.3 Å². The van der Waals surface area contributed by atoms with E-state index in [2.05, 4.69) is 57.0 Å². The molecule has 1 fully saturated rings. The Morgan fingerprint density at radius 2 is 1.85 bits per heavy atom. The second kappa shape index (κ2) is 10.2. The van der Waals surface area contributed by atoms with Crippen molar-refractivity contribution in [2.75, 3.05) is 0 Å². The lowest BCUT2D eigenvalue weighted by Crippen LogP contribution is -2.45.